The Morgan fingerprint density at radius 2 is 1.80 bits per heavy atom. The number of aryl methyl sites for hydroxylation is 2. The van der Waals surface area contributed by atoms with Gasteiger partial charge >= 0.3 is 0 Å². The molecule has 0 bridgehead atoms. The standard InChI is InChI=1S/C15H13BrN4/c1-10-8-17-20(9-10)14-7-11(2)18-15(19-14)12-3-5-13(16)6-4-12/h3-9H,1-2H3. The van der Waals surface area contributed by atoms with Crippen LogP contribution in [0.5, 0.6) is 0 Å². The van der Waals surface area contributed by atoms with E-state index in [0.29, 0.717) is 5.82 Å². The molecular weight excluding hydrogens is 316 g/mol. The average molecular weight is 329 g/mol. The van der Waals surface area contributed by atoms with Gasteiger partial charge in [-0.15, -0.1) is 0 Å². The Kier molecular flexibility index (Phi) is 3.36. The summed E-state index contributed by atoms with van der Waals surface area (Å²) in [5.74, 6) is 1.49. The van der Waals surface area contributed by atoms with Crippen molar-refractivity contribution in [2.75, 3.05) is 0 Å². The Morgan fingerprint density at radius 3 is 2.45 bits per heavy atom. The maximum atomic E-state index is 4.59. The van der Waals surface area contributed by atoms with E-state index in [0.717, 1.165) is 27.1 Å². The highest BCUT2D eigenvalue weighted by Gasteiger charge is 2.07. The minimum Gasteiger partial charge on any atom is -0.233 e. The van der Waals surface area contributed by atoms with Gasteiger partial charge in [-0.25, -0.2) is 14.6 Å². The zero-order valence-corrected chi connectivity index (χ0v) is 12.8. The number of hydrogen-bond acceptors (Lipinski definition) is 3. The maximum absolute atomic E-state index is 4.59. The van der Waals surface area contributed by atoms with Crippen molar-refractivity contribution in [3.05, 3.63) is 58.5 Å². The first-order chi connectivity index (χ1) is 9.61. The van der Waals surface area contributed by atoms with E-state index in [1.807, 2.05) is 56.6 Å². The quantitative estimate of drug-likeness (QED) is 0.720. The Morgan fingerprint density at radius 1 is 1.05 bits per heavy atom. The van der Waals surface area contributed by atoms with Gasteiger partial charge in [-0.2, -0.15) is 5.10 Å². The molecule has 0 saturated carbocycles. The second kappa shape index (κ2) is 5.17. The fourth-order valence-corrected chi connectivity index (χ4v) is 2.20. The third kappa shape index (κ3) is 2.63. The fraction of sp³-hybridized carbons (Fsp3) is 0.133. The minimum atomic E-state index is 0.709. The molecule has 3 rings (SSSR count). The van der Waals surface area contributed by atoms with Gasteiger partial charge in [0.25, 0.3) is 0 Å². The molecule has 0 aliphatic rings. The fourth-order valence-electron chi connectivity index (χ4n) is 1.94. The van der Waals surface area contributed by atoms with Crippen molar-refractivity contribution in [3.8, 4) is 17.2 Å². The molecule has 0 amide bonds. The molecule has 0 aliphatic carbocycles. The van der Waals surface area contributed by atoms with Crippen molar-refractivity contribution in [2.45, 2.75) is 13.8 Å². The van der Waals surface area contributed by atoms with Crippen LogP contribution in [-0.4, -0.2) is 19.7 Å². The van der Waals surface area contributed by atoms with Crippen molar-refractivity contribution in [1.29, 1.82) is 0 Å². The Hall–Kier alpha value is -2.01. The Bertz CT molecular complexity index is 747. The molecule has 1 aromatic carbocycles. The molecule has 0 atom stereocenters. The number of aromatic nitrogens is 4. The van der Waals surface area contributed by atoms with E-state index in [1.165, 1.54) is 0 Å². The minimum absolute atomic E-state index is 0.709. The molecule has 20 heavy (non-hydrogen) atoms. The van der Waals surface area contributed by atoms with Crippen molar-refractivity contribution < 1.29 is 0 Å². The summed E-state index contributed by atoms with van der Waals surface area (Å²) >= 11 is 3.43. The highest BCUT2D eigenvalue weighted by molar-refractivity contribution is 9.10. The predicted molar refractivity (Wildman–Crippen MR) is 81.8 cm³/mol. The summed E-state index contributed by atoms with van der Waals surface area (Å²) in [4.78, 5) is 9.09. The lowest BCUT2D eigenvalue weighted by Gasteiger charge is -2.06. The van der Waals surface area contributed by atoms with Crippen LogP contribution in [0.1, 0.15) is 11.3 Å². The van der Waals surface area contributed by atoms with E-state index in [9.17, 15) is 0 Å². The third-order valence-corrected chi connectivity index (χ3v) is 3.42. The topological polar surface area (TPSA) is 43.6 Å². The molecule has 0 aliphatic heterocycles. The van der Waals surface area contributed by atoms with Gasteiger partial charge in [0.2, 0.25) is 0 Å². The highest BCUT2D eigenvalue weighted by atomic mass is 79.9. The lowest BCUT2D eigenvalue weighted by molar-refractivity contribution is 0.837. The highest BCUT2D eigenvalue weighted by Crippen LogP contribution is 2.20. The maximum Gasteiger partial charge on any atom is 0.161 e. The zero-order chi connectivity index (χ0) is 14.1. The normalized spacial score (nSPS) is 10.8. The summed E-state index contributed by atoms with van der Waals surface area (Å²) in [6, 6.07) is 9.89. The molecule has 2 aromatic heterocycles. The molecule has 4 nitrogen and oxygen atoms in total. The number of nitrogens with zero attached hydrogens (tertiary/aromatic N) is 4. The van der Waals surface area contributed by atoms with Gasteiger partial charge in [-0.1, -0.05) is 28.1 Å². The van der Waals surface area contributed by atoms with Gasteiger partial charge in [0.15, 0.2) is 11.6 Å². The summed E-state index contributed by atoms with van der Waals surface area (Å²) in [7, 11) is 0. The first kappa shape index (κ1) is 13.0. The van der Waals surface area contributed by atoms with Gasteiger partial charge in [0.05, 0.1) is 6.20 Å². The molecule has 3 aromatic rings. The molecular formula is C15H13BrN4. The summed E-state index contributed by atoms with van der Waals surface area (Å²) in [6.07, 6.45) is 3.77. The summed E-state index contributed by atoms with van der Waals surface area (Å²) < 4.78 is 2.81. The van der Waals surface area contributed by atoms with Crippen molar-refractivity contribution in [3.63, 3.8) is 0 Å². The summed E-state index contributed by atoms with van der Waals surface area (Å²) in [6.45, 7) is 3.97. The molecule has 0 N–H and O–H groups in total. The van der Waals surface area contributed by atoms with Crippen molar-refractivity contribution in [1.82, 2.24) is 19.7 Å². The predicted octanol–water partition coefficient (Wildman–Crippen LogP) is 3.71. The van der Waals surface area contributed by atoms with Crippen molar-refractivity contribution >= 4 is 15.9 Å². The molecule has 0 saturated heterocycles. The number of halogens is 1. The van der Waals surface area contributed by atoms with E-state index in [1.54, 1.807) is 4.68 Å². The van der Waals surface area contributed by atoms with Gasteiger partial charge < -0.3 is 0 Å². The van der Waals surface area contributed by atoms with Crippen LogP contribution in [0.25, 0.3) is 17.2 Å². The van der Waals surface area contributed by atoms with Crippen LogP contribution < -0.4 is 0 Å². The van der Waals surface area contributed by atoms with Crippen molar-refractivity contribution in [2.24, 2.45) is 0 Å². The molecule has 0 radical (unpaired) electrons. The van der Waals surface area contributed by atoms with Crippen LogP contribution in [0, 0.1) is 13.8 Å². The van der Waals surface area contributed by atoms with E-state index < -0.39 is 0 Å². The van der Waals surface area contributed by atoms with Crippen LogP contribution in [0.2, 0.25) is 0 Å². The van der Waals surface area contributed by atoms with Crippen LogP contribution >= 0.6 is 15.9 Å². The van der Waals surface area contributed by atoms with Gasteiger partial charge in [-0.05, 0) is 31.5 Å². The average Bonchev–Trinajstić information content (AvgIpc) is 2.85. The first-order valence-corrected chi connectivity index (χ1v) is 7.04. The van der Waals surface area contributed by atoms with Crippen LogP contribution in [0.15, 0.2) is 47.2 Å². The van der Waals surface area contributed by atoms with Crippen LogP contribution in [0.3, 0.4) is 0 Å². The monoisotopic (exact) mass is 328 g/mol. The van der Waals surface area contributed by atoms with E-state index >= 15 is 0 Å². The second-order valence-corrected chi connectivity index (χ2v) is 5.58. The largest absolute Gasteiger partial charge is 0.233 e. The lowest BCUT2D eigenvalue weighted by Crippen LogP contribution is -2.02. The van der Waals surface area contributed by atoms with Gasteiger partial charge in [-0.3, -0.25) is 0 Å². The van der Waals surface area contributed by atoms with E-state index in [2.05, 4.69) is 31.0 Å². The summed E-state index contributed by atoms with van der Waals surface area (Å²) in [5.41, 5.74) is 3.01. The molecule has 0 fully saturated rings. The van der Waals surface area contributed by atoms with Crippen LogP contribution in [0.4, 0.5) is 0 Å². The molecule has 0 spiro atoms. The first-order valence-electron chi connectivity index (χ1n) is 6.25. The number of rotatable bonds is 2. The molecule has 0 unspecified atom stereocenters. The second-order valence-electron chi connectivity index (χ2n) is 4.66. The smallest absolute Gasteiger partial charge is 0.161 e. The molecule has 5 heteroatoms. The Balaban J connectivity index is 2.09. The number of benzene rings is 1. The third-order valence-electron chi connectivity index (χ3n) is 2.89. The molecule has 2 heterocycles. The summed E-state index contributed by atoms with van der Waals surface area (Å²) in [5, 5.41) is 4.29. The van der Waals surface area contributed by atoms with E-state index in [4.69, 9.17) is 0 Å². The zero-order valence-electron chi connectivity index (χ0n) is 11.2. The van der Waals surface area contributed by atoms with Gasteiger partial charge in [0, 0.05) is 28.0 Å². The lowest BCUT2D eigenvalue weighted by atomic mass is 10.2. The molecule has 100 valence electrons. The van der Waals surface area contributed by atoms with Crippen LogP contribution in [-0.2, 0) is 0 Å². The SMILES string of the molecule is Cc1cnn(-c2cc(C)nc(-c3ccc(Br)cc3)n2)c1. The van der Waals surface area contributed by atoms with E-state index in [-0.39, 0.29) is 0 Å². The van der Waals surface area contributed by atoms with Gasteiger partial charge in [0.1, 0.15) is 0 Å². The number of hydrogen-bond donors (Lipinski definition) is 0. The Labute approximate surface area is 125 Å².